The van der Waals surface area contributed by atoms with Crippen LogP contribution in [0.5, 0.6) is 0 Å². The number of nitrogens with zero attached hydrogens (tertiary/aromatic N) is 3. The number of carbonyl (C=O) groups is 2. The Bertz CT molecular complexity index is 963. The van der Waals surface area contributed by atoms with Gasteiger partial charge in [-0.2, -0.15) is 10.5 Å². The highest BCUT2D eigenvalue weighted by atomic mass is 16.2. The predicted octanol–water partition coefficient (Wildman–Crippen LogP) is 4.02. The zero-order valence-electron chi connectivity index (χ0n) is 14.8. The molecule has 5 heteroatoms. The molecular formula is C22H17N3O2. The van der Waals surface area contributed by atoms with Crippen molar-refractivity contribution in [3.8, 4) is 12.1 Å². The average molecular weight is 355 g/mol. The number of fused-ring (bicyclic) bond motifs is 1. The van der Waals surface area contributed by atoms with Crippen molar-refractivity contribution in [2.75, 3.05) is 0 Å². The van der Waals surface area contributed by atoms with Gasteiger partial charge in [0.15, 0.2) is 5.41 Å². The van der Waals surface area contributed by atoms with Crippen LogP contribution >= 0.6 is 0 Å². The zero-order valence-corrected chi connectivity index (χ0v) is 14.8. The van der Waals surface area contributed by atoms with Gasteiger partial charge in [0.2, 0.25) is 0 Å². The molecule has 0 saturated heterocycles. The summed E-state index contributed by atoms with van der Waals surface area (Å²) in [7, 11) is 0. The third-order valence-corrected chi connectivity index (χ3v) is 4.65. The topological polar surface area (TPSA) is 85.0 Å². The van der Waals surface area contributed by atoms with Gasteiger partial charge in [0, 0.05) is 6.42 Å². The van der Waals surface area contributed by atoms with Crippen molar-refractivity contribution < 1.29 is 9.59 Å². The summed E-state index contributed by atoms with van der Waals surface area (Å²) in [5.74, 6) is -0.998. The number of imide groups is 1. The van der Waals surface area contributed by atoms with Crippen LogP contribution in [-0.2, 0) is 0 Å². The van der Waals surface area contributed by atoms with Gasteiger partial charge in [-0.05, 0) is 24.6 Å². The SMILES string of the molecule is C=C(C)CC(C#N)(C#N)C(c1ccccc1)N1C(=O)c2ccccc2C1=O. The zero-order chi connectivity index (χ0) is 19.6. The molecule has 0 bridgehead atoms. The van der Waals surface area contributed by atoms with Gasteiger partial charge in [-0.15, -0.1) is 6.58 Å². The molecule has 0 N–H and O–H groups in total. The van der Waals surface area contributed by atoms with E-state index in [4.69, 9.17) is 0 Å². The molecule has 2 amide bonds. The Balaban J connectivity index is 2.23. The fourth-order valence-corrected chi connectivity index (χ4v) is 3.53. The molecule has 1 unspecified atom stereocenters. The van der Waals surface area contributed by atoms with Gasteiger partial charge < -0.3 is 0 Å². The molecule has 0 spiro atoms. The summed E-state index contributed by atoms with van der Waals surface area (Å²) < 4.78 is 0. The Morgan fingerprint density at radius 2 is 1.48 bits per heavy atom. The molecule has 2 aromatic carbocycles. The lowest BCUT2D eigenvalue weighted by atomic mass is 9.74. The quantitative estimate of drug-likeness (QED) is 0.599. The number of carbonyl (C=O) groups excluding carboxylic acids is 2. The van der Waals surface area contributed by atoms with Gasteiger partial charge in [-0.25, -0.2) is 0 Å². The highest BCUT2D eigenvalue weighted by molar-refractivity contribution is 6.21. The normalized spacial score (nSPS) is 14.3. The molecule has 0 aliphatic carbocycles. The maximum Gasteiger partial charge on any atom is 0.262 e. The van der Waals surface area contributed by atoms with Crippen LogP contribution in [-0.4, -0.2) is 16.7 Å². The molecule has 1 heterocycles. The van der Waals surface area contributed by atoms with Crippen molar-refractivity contribution in [1.29, 1.82) is 10.5 Å². The summed E-state index contributed by atoms with van der Waals surface area (Å²) in [4.78, 5) is 27.2. The number of hydrogen-bond donors (Lipinski definition) is 0. The first-order valence-electron chi connectivity index (χ1n) is 8.44. The largest absolute Gasteiger partial charge is 0.269 e. The smallest absolute Gasteiger partial charge is 0.262 e. The first-order chi connectivity index (χ1) is 12.9. The summed E-state index contributed by atoms with van der Waals surface area (Å²) >= 11 is 0. The molecule has 1 aliphatic heterocycles. The number of allylic oxidation sites excluding steroid dienone is 1. The first-order valence-corrected chi connectivity index (χ1v) is 8.44. The molecule has 27 heavy (non-hydrogen) atoms. The molecule has 2 aromatic rings. The fourth-order valence-electron chi connectivity index (χ4n) is 3.53. The van der Waals surface area contributed by atoms with Crippen LogP contribution in [0.15, 0.2) is 66.7 Å². The van der Waals surface area contributed by atoms with Gasteiger partial charge in [0.05, 0.1) is 29.3 Å². The van der Waals surface area contributed by atoms with Crippen LogP contribution in [0.1, 0.15) is 45.7 Å². The summed E-state index contributed by atoms with van der Waals surface area (Å²) in [5.41, 5.74) is 0.0969. The molecule has 1 aliphatic rings. The van der Waals surface area contributed by atoms with E-state index in [0.29, 0.717) is 11.1 Å². The Morgan fingerprint density at radius 3 is 1.93 bits per heavy atom. The van der Waals surface area contributed by atoms with Gasteiger partial charge in [-0.3, -0.25) is 14.5 Å². The van der Waals surface area contributed by atoms with Crippen molar-refractivity contribution in [2.24, 2.45) is 5.41 Å². The van der Waals surface area contributed by atoms with Crippen molar-refractivity contribution in [2.45, 2.75) is 19.4 Å². The maximum atomic E-state index is 13.1. The van der Waals surface area contributed by atoms with Crippen LogP contribution in [0.2, 0.25) is 0 Å². The minimum Gasteiger partial charge on any atom is -0.269 e. The molecule has 3 rings (SSSR count). The number of amides is 2. The molecule has 0 saturated carbocycles. The van der Waals surface area contributed by atoms with Crippen molar-refractivity contribution >= 4 is 11.8 Å². The van der Waals surface area contributed by atoms with E-state index in [9.17, 15) is 20.1 Å². The van der Waals surface area contributed by atoms with Gasteiger partial charge in [0.25, 0.3) is 11.8 Å². The van der Waals surface area contributed by atoms with E-state index in [-0.39, 0.29) is 17.5 Å². The lowest BCUT2D eigenvalue weighted by Gasteiger charge is -2.35. The van der Waals surface area contributed by atoms with Crippen LogP contribution < -0.4 is 0 Å². The molecule has 0 aromatic heterocycles. The summed E-state index contributed by atoms with van der Waals surface area (Å²) in [5, 5.41) is 19.9. The number of rotatable bonds is 5. The highest BCUT2D eigenvalue weighted by Crippen LogP contribution is 2.45. The second-order valence-corrected chi connectivity index (χ2v) is 6.67. The van der Waals surface area contributed by atoms with Crippen LogP contribution in [0.25, 0.3) is 0 Å². The fraction of sp³-hybridized carbons (Fsp3) is 0.182. The van der Waals surface area contributed by atoms with E-state index in [1.165, 1.54) is 0 Å². The van der Waals surface area contributed by atoms with Crippen LogP contribution in [0.3, 0.4) is 0 Å². The summed E-state index contributed by atoms with van der Waals surface area (Å²) in [6.45, 7) is 5.54. The minimum absolute atomic E-state index is 0.0486. The summed E-state index contributed by atoms with van der Waals surface area (Å²) in [6, 6.07) is 18.4. The number of benzene rings is 2. The van der Waals surface area contributed by atoms with E-state index in [2.05, 4.69) is 18.7 Å². The van der Waals surface area contributed by atoms with E-state index in [0.717, 1.165) is 4.90 Å². The Hall–Kier alpha value is -3.70. The van der Waals surface area contributed by atoms with Gasteiger partial charge >= 0.3 is 0 Å². The molecule has 132 valence electrons. The van der Waals surface area contributed by atoms with E-state index in [1.54, 1.807) is 61.5 Å². The molecule has 0 radical (unpaired) electrons. The lowest BCUT2D eigenvalue weighted by Crippen LogP contribution is -2.43. The molecule has 0 fully saturated rings. The van der Waals surface area contributed by atoms with E-state index >= 15 is 0 Å². The molecule has 5 nitrogen and oxygen atoms in total. The molecule has 1 atom stereocenters. The average Bonchev–Trinajstić information content (AvgIpc) is 2.93. The monoisotopic (exact) mass is 355 g/mol. The van der Waals surface area contributed by atoms with Crippen LogP contribution in [0, 0.1) is 28.1 Å². The Labute approximate surface area is 157 Å². The van der Waals surface area contributed by atoms with Crippen molar-refractivity contribution in [3.05, 3.63) is 83.4 Å². The van der Waals surface area contributed by atoms with Gasteiger partial charge in [-0.1, -0.05) is 48.0 Å². The second kappa shape index (κ2) is 6.90. The van der Waals surface area contributed by atoms with Gasteiger partial charge in [0.1, 0.15) is 0 Å². The van der Waals surface area contributed by atoms with Crippen molar-refractivity contribution in [1.82, 2.24) is 4.90 Å². The van der Waals surface area contributed by atoms with Crippen LogP contribution in [0.4, 0.5) is 0 Å². The highest BCUT2D eigenvalue weighted by Gasteiger charge is 2.51. The third kappa shape index (κ3) is 2.90. The van der Waals surface area contributed by atoms with E-state index in [1.807, 2.05) is 0 Å². The third-order valence-electron chi connectivity index (χ3n) is 4.65. The summed E-state index contributed by atoms with van der Waals surface area (Å²) in [6.07, 6.45) is 0.0486. The minimum atomic E-state index is -1.64. The predicted molar refractivity (Wildman–Crippen MR) is 99.2 cm³/mol. The van der Waals surface area contributed by atoms with E-state index < -0.39 is 23.3 Å². The maximum absolute atomic E-state index is 13.1. The molecular weight excluding hydrogens is 338 g/mol. The Morgan fingerprint density at radius 1 is 1.00 bits per heavy atom. The number of nitriles is 2. The standard InChI is InChI=1S/C22H17N3O2/c1-15(2)12-22(13-23,14-24)19(16-8-4-3-5-9-16)25-20(26)17-10-6-7-11-18(17)21(25)27/h3-11,19H,1,12H2,2H3. The Kier molecular flexibility index (Phi) is 4.62. The lowest BCUT2D eigenvalue weighted by molar-refractivity contribution is 0.0506. The number of hydrogen-bond acceptors (Lipinski definition) is 4. The van der Waals surface area contributed by atoms with Crippen molar-refractivity contribution in [3.63, 3.8) is 0 Å². The second-order valence-electron chi connectivity index (χ2n) is 6.67. The first kappa shape index (κ1) is 18.1.